The maximum absolute atomic E-state index is 12.1. The van der Waals surface area contributed by atoms with Gasteiger partial charge in [-0.3, -0.25) is 4.79 Å². The molecule has 0 aromatic carbocycles. The van der Waals surface area contributed by atoms with Crippen LogP contribution in [-0.2, 0) is 9.53 Å². The molecule has 176 valence electrons. The van der Waals surface area contributed by atoms with Crippen LogP contribution in [0.15, 0.2) is 23.3 Å². The molecule has 6 rings (SSSR count). The lowest BCUT2D eigenvalue weighted by atomic mass is 9.57. The molecular weight excluding hydrogens is 396 g/mol. The number of ether oxygens (including phenoxy) is 1. The Kier molecular flexibility index (Phi) is 4.97. The first-order valence-corrected chi connectivity index (χ1v) is 13.4. The number of hydrogen-bond acceptors (Lipinski definition) is 3. The molecule has 3 heterocycles. The molecule has 4 heteroatoms. The third-order valence-electron chi connectivity index (χ3n) is 11.0. The predicted molar refractivity (Wildman–Crippen MR) is 127 cm³/mol. The number of amides is 1. The minimum atomic E-state index is 0.0307. The fourth-order valence-electron chi connectivity index (χ4n) is 9.16. The van der Waals surface area contributed by atoms with E-state index >= 15 is 0 Å². The van der Waals surface area contributed by atoms with Gasteiger partial charge in [0.1, 0.15) is 0 Å². The largest absolute Gasteiger partial charge is 0.369 e. The molecule has 10 atom stereocenters. The van der Waals surface area contributed by atoms with Crippen LogP contribution in [0, 0.1) is 40.9 Å². The predicted octanol–water partition coefficient (Wildman–Crippen LogP) is 4.61. The number of allylic oxidation sites excluding steroid dienone is 2. The Labute approximate surface area is 194 Å². The van der Waals surface area contributed by atoms with E-state index in [9.17, 15) is 4.79 Å². The van der Waals surface area contributed by atoms with Gasteiger partial charge in [0.15, 0.2) is 0 Å². The Balaban J connectivity index is 1.30. The fraction of sp³-hybridized carbons (Fsp3) is 0.821. The molecule has 4 nitrogen and oxygen atoms in total. The second kappa shape index (κ2) is 7.43. The molecule has 32 heavy (non-hydrogen) atoms. The molecule has 10 unspecified atom stereocenters. The van der Waals surface area contributed by atoms with Crippen molar-refractivity contribution >= 4 is 5.91 Å². The monoisotopic (exact) mass is 438 g/mol. The highest BCUT2D eigenvalue weighted by atomic mass is 16.5. The summed E-state index contributed by atoms with van der Waals surface area (Å²) in [5.74, 6) is 4.15. The number of carbonyl (C=O) groups excluding carboxylic acids is 1. The maximum Gasteiger partial charge on any atom is 0.243 e. The van der Waals surface area contributed by atoms with Gasteiger partial charge in [-0.05, 0) is 99.5 Å². The van der Waals surface area contributed by atoms with Gasteiger partial charge in [-0.2, -0.15) is 0 Å². The van der Waals surface area contributed by atoms with Gasteiger partial charge in [-0.1, -0.05) is 38.0 Å². The summed E-state index contributed by atoms with van der Waals surface area (Å²) >= 11 is 0. The van der Waals surface area contributed by atoms with Crippen LogP contribution >= 0.6 is 0 Å². The topological polar surface area (TPSA) is 50.4 Å². The van der Waals surface area contributed by atoms with Crippen molar-refractivity contribution < 1.29 is 9.53 Å². The Morgan fingerprint density at radius 3 is 2.84 bits per heavy atom. The minimum Gasteiger partial charge on any atom is -0.369 e. The first-order chi connectivity index (χ1) is 15.3. The Hall–Kier alpha value is -1.13. The second-order valence-electron chi connectivity index (χ2n) is 12.6. The molecule has 6 aliphatic rings. The van der Waals surface area contributed by atoms with E-state index in [1.165, 1.54) is 38.5 Å². The minimum absolute atomic E-state index is 0.0307. The van der Waals surface area contributed by atoms with E-state index in [0.717, 1.165) is 31.3 Å². The third kappa shape index (κ3) is 3.04. The quantitative estimate of drug-likeness (QED) is 0.543. The highest BCUT2D eigenvalue weighted by Gasteiger charge is 2.58. The summed E-state index contributed by atoms with van der Waals surface area (Å²) in [6.07, 6.45) is 13.2. The molecular formula is C28H42N2O2. The Bertz CT molecular complexity index is 863. The summed E-state index contributed by atoms with van der Waals surface area (Å²) in [6, 6.07) is 0.533. The van der Waals surface area contributed by atoms with E-state index in [-0.39, 0.29) is 16.9 Å². The van der Waals surface area contributed by atoms with E-state index in [2.05, 4.69) is 44.4 Å². The van der Waals surface area contributed by atoms with Gasteiger partial charge in [-0.25, -0.2) is 0 Å². The van der Waals surface area contributed by atoms with Gasteiger partial charge < -0.3 is 15.4 Å². The molecule has 3 aliphatic heterocycles. The molecule has 2 N–H and O–H groups in total. The van der Waals surface area contributed by atoms with E-state index in [1.807, 2.05) is 6.08 Å². The van der Waals surface area contributed by atoms with Crippen molar-refractivity contribution in [2.75, 3.05) is 13.1 Å². The van der Waals surface area contributed by atoms with Crippen LogP contribution in [0.1, 0.15) is 72.6 Å². The smallest absolute Gasteiger partial charge is 0.243 e. The normalized spacial score (nSPS) is 52.6. The number of nitrogens with one attached hydrogen (secondary N) is 2. The standard InChI is InChI=1S/C28H42N2O2/c1-16-11-24-26(30-14-16)18(3)28(32-24)10-7-20-21-6-5-19-15-29-25(31)8-9-27(19,4)23(21)12-22(20)17(2)13-28/h8-9,16,18-21,23-24,26,30H,5-7,10-15H2,1-4H3,(H,29,31). The third-order valence-corrected chi connectivity index (χ3v) is 11.0. The second-order valence-corrected chi connectivity index (χ2v) is 12.6. The summed E-state index contributed by atoms with van der Waals surface area (Å²) in [7, 11) is 0. The van der Waals surface area contributed by atoms with Gasteiger partial charge in [0.2, 0.25) is 5.91 Å². The van der Waals surface area contributed by atoms with Crippen LogP contribution in [0.25, 0.3) is 0 Å². The van der Waals surface area contributed by atoms with Crippen LogP contribution in [0.2, 0.25) is 0 Å². The van der Waals surface area contributed by atoms with Crippen LogP contribution < -0.4 is 10.6 Å². The van der Waals surface area contributed by atoms with Gasteiger partial charge in [0, 0.05) is 18.5 Å². The molecule has 1 amide bonds. The number of fused-ring (bicyclic) bond motifs is 6. The van der Waals surface area contributed by atoms with Crippen molar-refractivity contribution in [3.05, 3.63) is 23.3 Å². The van der Waals surface area contributed by atoms with E-state index in [1.54, 1.807) is 11.1 Å². The molecule has 2 saturated carbocycles. The molecule has 1 spiro atoms. The lowest BCUT2D eigenvalue weighted by Gasteiger charge is -2.48. The number of rotatable bonds is 0. The Morgan fingerprint density at radius 1 is 1.16 bits per heavy atom. The first kappa shape index (κ1) is 21.4. The highest BCUT2D eigenvalue weighted by Crippen LogP contribution is 2.63. The number of hydrogen-bond donors (Lipinski definition) is 2. The lowest BCUT2D eigenvalue weighted by molar-refractivity contribution is -0.116. The van der Waals surface area contributed by atoms with Gasteiger partial charge >= 0.3 is 0 Å². The van der Waals surface area contributed by atoms with Crippen molar-refractivity contribution in [2.24, 2.45) is 40.9 Å². The molecule has 0 aromatic rings. The van der Waals surface area contributed by atoms with Crippen molar-refractivity contribution in [2.45, 2.75) is 90.4 Å². The van der Waals surface area contributed by atoms with Crippen molar-refractivity contribution in [1.29, 1.82) is 0 Å². The zero-order chi connectivity index (χ0) is 22.3. The van der Waals surface area contributed by atoms with Crippen molar-refractivity contribution in [3.63, 3.8) is 0 Å². The molecule has 3 aliphatic carbocycles. The van der Waals surface area contributed by atoms with Crippen LogP contribution in [0.3, 0.4) is 0 Å². The average molecular weight is 439 g/mol. The van der Waals surface area contributed by atoms with E-state index in [0.29, 0.717) is 35.8 Å². The molecule has 0 bridgehead atoms. The molecule has 0 radical (unpaired) electrons. The van der Waals surface area contributed by atoms with Crippen molar-refractivity contribution in [1.82, 2.24) is 10.6 Å². The zero-order valence-corrected chi connectivity index (χ0v) is 20.5. The molecule has 0 aromatic heterocycles. The summed E-state index contributed by atoms with van der Waals surface area (Å²) in [4.78, 5) is 12.1. The lowest BCUT2D eigenvalue weighted by Crippen LogP contribution is -2.48. The van der Waals surface area contributed by atoms with Gasteiger partial charge in [0.25, 0.3) is 0 Å². The fourth-order valence-corrected chi connectivity index (χ4v) is 9.16. The summed E-state index contributed by atoms with van der Waals surface area (Å²) in [5.41, 5.74) is 3.57. The zero-order valence-electron chi connectivity index (χ0n) is 20.5. The van der Waals surface area contributed by atoms with Crippen LogP contribution in [0.5, 0.6) is 0 Å². The number of piperidine rings is 1. The maximum atomic E-state index is 12.1. The van der Waals surface area contributed by atoms with Crippen LogP contribution in [0.4, 0.5) is 0 Å². The average Bonchev–Trinajstić information content (AvgIpc) is 3.15. The Morgan fingerprint density at radius 2 is 2.00 bits per heavy atom. The number of carbonyl (C=O) groups is 1. The van der Waals surface area contributed by atoms with Crippen LogP contribution in [-0.4, -0.2) is 36.7 Å². The van der Waals surface area contributed by atoms with E-state index < -0.39 is 0 Å². The molecule has 4 fully saturated rings. The first-order valence-electron chi connectivity index (χ1n) is 13.4. The summed E-state index contributed by atoms with van der Waals surface area (Å²) in [5, 5.41) is 6.98. The van der Waals surface area contributed by atoms with E-state index in [4.69, 9.17) is 4.74 Å². The summed E-state index contributed by atoms with van der Waals surface area (Å²) < 4.78 is 7.01. The molecule has 2 saturated heterocycles. The summed E-state index contributed by atoms with van der Waals surface area (Å²) in [6.45, 7) is 11.7. The van der Waals surface area contributed by atoms with Gasteiger partial charge in [-0.15, -0.1) is 0 Å². The SMILES string of the molecule is CC1=C2CC3C(CCC4CNC(=O)C=CC43C)C2CCC2(C1)OC1CC(C)CNC1C2C. The van der Waals surface area contributed by atoms with Crippen molar-refractivity contribution in [3.8, 4) is 0 Å². The highest BCUT2D eigenvalue weighted by molar-refractivity contribution is 5.87. The van der Waals surface area contributed by atoms with Gasteiger partial charge in [0.05, 0.1) is 11.7 Å².